The van der Waals surface area contributed by atoms with Gasteiger partial charge in [0.2, 0.25) is 11.8 Å². The first-order valence-electron chi connectivity index (χ1n) is 6.93. The second-order valence-corrected chi connectivity index (χ2v) is 5.21. The van der Waals surface area contributed by atoms with Crippen molar-refractivity contribution in [3.8, 4) is 0 Å². The number of nitrogens with zero attached hydrogens (tertiary/aromatic N) is 2. The molecule has 2 amide bonds. The third kappa shape index (κ3) is 3.22. The van der Waals surface area contributed by atoms with Crippen LogP contribution < -0.4 is 5.32 Å². The molecule has 5 nitrogen and oxygen atoms in total. The molecule has 0 aromatic rings. The summed E-state index contributed by atoms with van der Waals surface area (Å²) in [7, 11) is 0. The van der Waals surface area contributed by atoms with Crippen LogP contribution in [0.25, 0.3) is 0 Å². The average molecular weight is 253 g/mol. The molecule has 0 saturated carbocycles. The van der Waals surface area contributed by atoms with Gasteiger partial charge in [-0.2, -0.15) is 0 Å². The number of carbonyl (C=O) groups is 2. The predicted molar refractivity (Wildman–Crippen MR) is 69.0 cm³/mol. The lowest BCUT2D eigenvalue weighted by atomic mass is 9.98. The highest BCUT2D eigenvalue weighted by Gasteiger charge is 2.28. The van der Waals surface area contributed by atoms with Crippen LogP contribution in [0.1, 0.15) is 26.2 Å². The van der Waals surface area contributed by atoms with E-state index in [0.717, 1.165) is 32.4 Å². The molecule has 2 saturated heterocycles. The van der Waals surface area contributed by atoms with Crippen LogP contribution in [0.5, 0.6) is 0 Å². The Morgan fingerprint density at radius 1 is 1.00 bits per heavy atom. The molecule has 0 bridgehead atoms. The van der Waals surface area contributed by atoms with E-state index in [1.165, 1.54) is 0 Å². The third-order valence-corrected chi connectivity index (χ3v) is 3.96. The third-order valence-electron chi connectivity index (χ3n) is 3.96. The Morgan fingerprint density at radius 2 is 1.67 bits per heavy atom. The fourth-order valence-corrected chi connectivity index (χ4v) is 2.77. The van der Waals surface area contributed by atoms with Crippen LogP contribution in [0.15, 0.2) is 0 Å². The van der Waals surface area contributed by atoms with Crippen molar-refractivity contribution >= 4 is 11.8 Å². The van der Waals surface area contributed by atoms with E-state index < -0.39 is 0 Å². The van der Waals surface area contributed by atoms with E-state index in [0.29, 0.717) is 32.1 Å². The van der Waals surface area contributed by atoms with Crippen LogP contribution in [0.2, 0.25) is 0 Å². The average Bonchev–Trinajstić information content (AvgIpc) is 2.67. The van der Waals surface area contributed by atoms with Gasteiger partial charge in [-0.25, -0.2) is 0 Å². The number of carbonyl (C=O) groups excluding carboxylic acids is 2. The number of nitrogens with one attached hydrogen (secondary N) is 1. The van der Waals surface area contributed by atoms with Gasteiger partial charge in [-0.05, 0) is 32.4 Å². The summed E-state index contributed by atoms with van der Waals surface area (Å²) in [5.74, 6) is 0.589. The van der Waals surface area contributed by atoms with Gasteiger partial charge in [0.15, 0.2) is 0 Å². The minimum absolute atomic E-state index is 0.112. The Bertz CT molecular complexity index is 303. The van der Waals surface area contributed by atoms with Crippen molar-refractivity contribution in [2.75, 3.05) is 39.3 Å². The van der Waals surface area contributed by atoms with E-state index >= 15 is 0 Å². The molecule has 1 atom stereocenters. The molecule has 2 rings (SSSR count). The summed E-state index contributed by atoms with van der Waals surface area (Å²) in [4.78, 5) is 27.4. The minimum atomic E-state index is 0.112. The summed E-state index contributed by atoms with van der Waals surface area (Å²) in [5.41, 5.74) is 0. The highest BCUT2D eigenvalue weighted by atomic mass is 16.2. The van der Waals surface area contributed by atoms with Gasteiger partial charge in [0.25, 0.3) is 0 Å². The van der Waals surface area contributed by atoms with Gasteiger partial charge >= 0.3 is 0 Å². The largest absolute Gasteiger partial charge is 0.339 e. The topological polar surface area (TPSA) is 52.7 Å². The second-order valence-electron chi connectivity index (χ2n) is 5.21. The minimum Gasteiger partial charge on any atom is -0.339 e. The summed E-state index contributed by atoms with van der Waals surface area (Å²) in [6.45, 7) is 6.34. The van der Waals surface area contributed by atoms with Gasteiger partial charge in [-0.3, -0.25) is 9.59 Å². The zero-order valence-corrected chi connectivity index (χ0v) is 11.2. The molecule has 2 aliphatic heterocycles. The lowest BCUT2D eigenvalue weighted by Crippen LogP contribution is -2.51. The van der Waals surface area contributed by atoms with Gasteiger partial charge < -0.3 is 15.1 Å². The molecule has 18 heavy (non-hydrogen) atoms. The van der Waals surface area contributed by atoms with Crippen molar-refractivity contribution < 1.29 is 9.59 Å². The molecule has 2 fully saturated rings. The number of hydrogen-bond acceptors (Lipinski definition) is 3. The Morgan fingerprint density at radius 3 is 2.33 bits per heavy atom. The first-order chi connectivity index (χ1) is 8.68. The molecule has 2 aliphatic rings. The van der Waals surface area contributed by atoms with Crippen LogP contribution >= 0.6 is 0 Å². The molecule has 1 N–H and O–H groups in total. The summed E-state index contributed by atoms with van der Waals surface area (Å²) < 4.78 is 0. The lowest BCUT2D eigenvalue weighted by Gasteiger charge is -2.36. The molecule has 102 valence electrons. The monoisotopic (exact) mass is 253 g/mol. The van der Waals surface area contributed by atoms with E-state index in [4.69, 9.17) is 0 Å². The van der Waals surface area contributed by atoms with Crippen molar-refractivity contribution in [2.45, 2.75) is 26.2 Å². The zero-order valence-electron chi connectivity index (χ0n) is 11.2. The van der Waals surface area contributed by atoms with Gasteiger partial charge in [0.1, 0.15) is 0 Å². The second kappa shape index (κ2) is 6.18. The van der Waals surface area contributed by atoms with Crippen molar-refractivity contribution in [1.82, 2.24) is 15.1 Å². The number of amides is 2. The molecule has 0 aliphatic carbocycles. The summed E-state index contributed by atoms with van der Waals surface area (Å²) in [5, 5.41) is 3.33. The van der Waals surface area contributed by atoms with Crippen LogP contribution in [0.4, 0.5) is 0 Å². The summed E-state index contributed by atoms with van der Waals surface area (Å²) in [6, 6.07) is 0. The van der Waals surface area contributed by atoms with Gasteiger partial charge in [0.05, 0.1) is 0 Å². The van der Waals surface area contributed by atoms with Crippen LogP contribution in [-0.2, 0) is 9.59 Å². The van der Waals surface area contributed by atoms with Gasteiger partial charge in [-0.15, -0.1) is 0 Å². The van der Waals surface area contributed by atoms with E-state index in [9.17, 15) is 9.59 Å². The highest BCUT2D eigenvalue weighted by Crippen LogP contribution is 2.17. The number of hydrogen-bond donors (Lipinski definition) is 1. The Hall–Kier alpha value is -1.10. The molecule has 0 aromatic carbocycles. The molecule has 1 unspecified atom stereocenters. The smallest absolute Gasteiger partial charge is 0.225 e. The summed E-state index contributed by atoms with van der Waals surface area (Å²) in [6.07, 6.45) is 3.04. The molecular weight excluding hydrogens is 230 g/mol. The van der Waals surface area contributed by atoms with Gasteiger partial charge in [-0.1, -0.05) is 0 Å². The normalized spacial score (nSPS) is 25.7. The van der Waals surface area contributed by atoms with Crippen molar-refractivity contribution in [2.24, 2.45) is 5.92 Å². The first kappa shape index (κ1) is 13.3. The van der Waals surface area contributed by atoms with Crippen LogP contribution in [0, 0.1) is 5.92 Å². The molecular formula is C13H23N3O2. The fourth-order valence-electron chi connectivity index (χ4n) is 2.77. The molecule has 0 aromatic heterocycles. The molecule has 5 heteroatoms. The molecule has 2 heterocycles. The maximum Gasteiger partial charge on any atom is 0.225 e. The Kier molecular flexibility index (Phi) is 4.58. The SMILES string of the molecule is CC(=O)N1CCN(C(=O)C2CCCNCC2)CC1. The lowest BCUT2D eigenvalue weighted by molar-refractivity contribution is -0.141. The molecule has 0 radical (unpaired) electrons. The number of rotatable bonds is 1. The van der Waals surface area contributed by atoms with Crippen LogP contribution in [-0.4, -0.2) is 60.9 Å². The quantitative estimate of drug-likeness (QED) is 0.719. The maximum absolute atomic E-state index is 12.4. The van der Waals surface area contributed by atoms with Crippen LogP contribution in [0.3, 0.4) is 0 Å². The zero-order chi connectivity index (χ0) is 13.0. The highest BCUT2D eigenvalue weighted by molar-refractivity contribution is 5.79. The van der Waals surface area contributed by atoms with Crippen molar-refractivity contribution in [1.29, 1.82) is 0 Å². The van der Waals surface area contributed by atoms with Gasteiger partial charge in [0, 0.05) is 39.0 Å². The summed E-state index contributed by atoms with van der Waals surface area (Å²) >= 11 is 0. The number of piperazine rings is 1. The fraction of sp³-hybridized carbons (Fsp3) is 0.846. The van der Waals surface area contributed by atoms with Crippen molar-refractivity contribution in [3.05, 3.63) is 0 Å². The Labute approximate surface area is 108 Å². The van der Waals surface area contributed by atoms with E-state index in [2.05, 4.69) is 5.32 Å². The van der Waals surface area contributed by atoms with E-state index in [1.54, 1.807) is 6.92 Å². The van der Waals surface area contributed by atoms with E-state index in [1.807, 2.05) is 9.80 Å². The predicted octanol–water partition coefficient (Wildman–Crippen LogP) is 0.0668. The van der Waals surface area contributed by atoms with E-state index in [-0.39, 0.29) is 11.8 Å². The standard InChI is InChI=1S/C13H23N3O2/c1-11(17)15-7-9-16(10-8-15)13(18)12-3-2-5-14-6-4-12/h12,14H,2-10H2,1H3. The first-order valence-corrected chi connectivity index (χ1v) is 6.93. The van der Waals surface area contributed by atoms with Crippen molar-refractivity contribution in [3.63, 3.8) is 0 Å². The Balaban J connectivity index is 1.84. The molecule has 0 spiro atoms. The maximum atomic E-state index is 12.4.